The molecule has 1 aromatic heterocycles. The first-order valence-corrected chi connectivity index (χ1v) is 6.34. The van der Waals surface area contributed by atoms with Gasteiger partial charge < -0.3 is 10.0 Å². The number of aryl methyl sites for hydroxylation is 1. The highest BCUT2D eigenvalue weighted by Crippen LogP contribution is 2.27. The quantitative estimate of drug-likeness (QED) is 0.888. The van der Waals surface area contributed by atoms with Crippen molar-refractivity contribution in [3.63, 3.8) is 0 Å². The molecular weight excluding hydrogens is 230 g/mol. The van der Waals surface area contributed by atoms with Crippen molar-refractivity contribution in [2.75, 3.05) is 11.4 Å². The summed E-state index contributed by atoms with van der Waals surface area (Å²) in [7, 11) is 0. The fraction of sp³-hybridized carbons (Fsp3) is 0.615. The smallest absolute Gasteiger partial charge is 0.339 e. The molecule has 0 spiro atoms. The molecule has 1 fully saturated rings. The zero-order valence-electron chi connectivity index (χ0n) is 11.1. The first-order chi connectivity index (χ1) is 8.50. The monoisotopic (exact) mass is 249 g/mol. The van der Waals surface area contributed by atoms with Crippen molar-refractivity contribution >= 4 is 11.9 Å². The largest absolute Gasteiger partial charge is 0.478 e. The third-order valence-corrected chi connectivity index (χ3v) is 3.52. The van der Waals surface area contributed by atoms with E-state index in [1.807, 2.05) is 0 Å². The highest BCUT2D eigenvalue weighted by molar-refractivity contribution is 5.88. The Morgan fingerprint density at radius 3 is 2.83 bits per heavy atom. The van der Waals surface area contributed by atoms with Crippen molar-refractivity contribution in [2.24, 2.45) is 5.92 Å². The fourth-order valence-corrected chi connectivity index (χ4v) is 2.54. The van der Waals surface area contributed by atoms with E-state index >= 15 is 0 Å². The van der Waals surface area contributed by atoms with Gasteiger partial charge in [-0.2, -0.15) is 0 Å². The van der Waals surface area contributed by atoms with Crippen molar-refractivity contribution in [2.45, 2.75) is 39.7 Å². The molecular formula is C13H19N3O2. The second-order valence-electron chi connectivity index (χ2n) is 5.12. The lowest BCUT2D eigenvalue weighted by atomic mass is 10.0. The van der Waals surface area contributed by atoms with Gasteiger partial charge in [-0.05, 0) is 25.7 Å². The molecule has 0 aliphatic carbocycles. The van der Waals surface area contributed by atoms with Crippen LogP contribution in [0.15, 0.2) is 6.20 Å². The van der Waals surface area contributed by atoms with E-state index < -0.39 is 5.97 Å². The number of carboxylic acids is 1. The first kappa shape index (κ1) is 12.8. The van der Waals surface area contributed by atoms with E-state index in [1.54, 1.807) is 6.92 Å². The summed E-state index contributed by atoms with van der Waals surface area (Å²) in [6, 6.07) is 0.458. The van der Waals surface area contributed by atoms with E-state index in [2.05, 4.69) is 28.7 Å². The summed E-state index contributed by atoms with van der Waals surface area (Å²) in [5.41, 5.74) is 0.709. The van der Waals surface area contributed by atoms with Crippen LogP contribution in [0.1, 0.15) is 42.7 Å². The molecule has 5 heteroatoms. The molecule has 0 amide bonds. The van der Waals surface area contributed by atoms with Gasteiger partial charge in [0.15, 0.2) is 0 Å². The third kappa shape index (κ3) is 2.30. The molecule has 18 heavy (non-hydrogen) atoms. The number of nitrogens with zero attached hydrogens (tertiary/aromatic N) is 3. The van der Waals surface area contributed by atoms with E-state index in [4.69, 9.17) is 5.11 Å². The van der Waals surface area contributed by atoms with Gasteiger partial charge in [0.05, 0.1) is 11.3 Å². The minimum Gasteiger partial charge on any atom is -0.478 e. The molecule has 1 unspecified atom stereocenters. The predicted octanol–water partition coefficient (Wildman–Crippen LogP) is 2.11. The Balaban J connectivity index is 2.29. The summed E-state index contributed by atoms with van der Waals surface area (Å²) in [5.74, 6) is 0.241. The molecule has 1 aromatic rings. The molecule has 1 atom stereocenters. The second-order valence-corrected chi connectivity index (χ2v) is 5.12. The minimum atomic E-state index is -0.971. The van der Waals surface area contributed by atoms with E-state index in [0.29, 0.717) is 23.6 Å². The molecule has 2 heterocycles. The van der Waals surface area contributed by atoms with Crippen LogP contribution in [-0.4, -0.2) is 33.6 Å². The third-order valence-electron chi connectivity index (χ3n) is 3.52. The molecule has 0 saturated carbocycles. The molecule has 1 aliphatic rings. The van der Waals surface area contributed by atoms with Crippen LogP contribution >= 0.6 is 0 Å². The van der Waals surface area contributed by atoms with E-state index in [0.717, 1.165) is 19.4 Å². The lowest BCUT2D eigenvalue weighted by molar-refractivity contribution is 0.0695. The van der Waals surface area contributed by atoms with Crippen molar-refractivity contribution in [3.05, 3.63) is 17.5 Å². The molecule has 0 bridgehead atoms. The van der Waals surface area contributed by atoms with Crippen LogP contribution < -0.4 is 4.90 Å². The van der Waals surface area contributed by atoms with E-state index in [9.17, 15) is 4.79 Å². The molecule has 0 aromatic carbocycles. The lowest BCUT2D eigenvalue weighted by Crippen LogP contribution is -2.34. The molecule has 0 radical (unpaired) electrons. The first-order valence-electron chi connectivity index (χ1n) is 6.34. The van der Waals surface area contributed by atoms with Gasteiger partial charge in [0.25, 0.3) is 0 Å². The summed E-state index contributed by atoms with van der Waals surface area (Å²) in [6.45, 7) is 7.06. The lowest BCUT2D eigenvalue weighted by Gasteiger charge is -2.27. The number of carbonyl (C=O) groups is 1. The average Bonchev–Trinajstić information content (AvgIpc) is 2.77. The summed E-state index contributed by atoms with van der Waals surface area (Å²) in [6.07, 6.45) is 3.71. The number of rotatable bonds is 3. The van der Waals surface area contributed by atoms with Gasteiger partial charge >= 0.3 is 5.97 Å². The zero-order valence-corrected chi connectivity index (χ0v) is 11.1. The van der Waals surface area contributed by atoms with E-state index in [1.165, 1.54) is 6.20 Å². The standard InChI is InChI=1S/C13H19N3O2/c1-8(2)11-5-4-6-16(11)13-14-7-10(12(17)18)9(3)15-13/h7-8,11H,4-6H2,1-3H3,(H,17,18). The fourth-order valence-electron chi connectivity index (χ4n) is 2.54. The van der Waals surface area contributed by atoms with Crippen molar-refractivity contribution in [3.8, 4) is 0 Å². The number of hydrogen-bond donors (Lipinski definition) is 1. The Kier molecular flexibility index (Phi) is 3.50. The average molecular weight is 249 g/mol. The molecule has 1 N–H and O–H groups in total. The molecule has 98 valence electrons. The van der Waals surface area contributed by atoms with Crippen LogP contribution in [0.2, 0.25) is 0 Å². The number of carboxylic acid groups (broad SMARTS) is 1. The molecule has 1 aliphatic heterocycles. The normalized spacial score (nSPS) is 19.6. The maximum atomic E-state index is 10.9. The Morgan fingerprint density at radius 1 is 1.56 bits per heavy atom. The van der Waals surface area contributed by atoms with Gasteiger partial charge in [-0.1, -0.05) is 13.8 Å². The number of aromatic nitrogens is 2. The van der Waals surface area contributed by atoms with Crippen molar-refractivity contribution < 1.29 is 9.90 Å². The van der Waals surface area contributed by atoms with E-state index in [-0.39, 0.29) is 5.56 Å². The topological polar surface area (TPSA) is 66.3 Å². The summed E-state index contributed by atoms with van der Waals surface area (Å²) in [4.78, 5) is 21.7. The molecule has 2 rings (SSSR count). The van der Waals surface area contributed by atoms with Crippen molar-refractivity contribution in [1.29, 1.82) is 0 Å². The highest BCUT2D eigenvalue weighted by Gasteiger charge is 2.29. The Labute approximate surface area is 107 Å². The number of anilines is 1. The van der Waals surface area contributed by atoms with Gasteiger partial charge in [0.2, 0.25) is 5.95 Å². The number of hydrogen-bond acceptors (Lipinski definition) is 4. The number of aromatic carboxylic acids is 1. The van der Waals surface area contributed by atoms with Crippen LogP contribution in [0.4, 0.5) is 5.95 Å². The Morgan fingerprint density at radius 2 is 2.28 bits per heavy atom. The maximum Gasteiger partial charge on any atom is 0.339 e. The predicted molar refractivity (Wildman–Crippen MR) is 68.9 cm³/mol. The van der Waals surface area contributed by atoms with Gasteiger partial charge in [0.1, 0.15) is 0 Å². The minimum absolute atomic E-state index is 0.180. The van der Waals surface area contributed by atoms with Crippen LogP contribution in [0, 0.1) is 12.8 Å². The Bertz CT molecular complexity index is 460. The summed E-state index contributed by atoms with van der Waals surface area (Å²) in [5, 5.41) is 8.97. The van der Waals surface area contributed by atoms with Gasteiger partial charge in [-0.15, -0.1) is 0 Å². The maximum absolute atomic E-state index is 10.9. The van der Waals surface area contributed by atoms with Gasteiger partial charge in [-0.25, -0.2) is 14.8 Å². The van der Waals surface area contributed by atoms with Crippen LogP contribution in [0.25, 0.3) is 0 Å². The zero-order chi connectivity index (χ0) is 13.3. The van der Waals surface area contributed by atoms with Crippen LogP contribution in [-0.2, 0) is 0 Å². The summed E-state index contributed by atoms with van der Waals surface area (Å²) >= 11 is 0. The Hall–Kier alpha value is -1.65. The second kappa shape index (κ2) is 4.92. The van der Waals surface area contributed by atoms with Crippen molar-refractivity contribution in [1.82, 2.24) is 9.97 Å². The molecule has 1 saturated heterocycles. The van der Waals surface area contributed by atoms with Gasteiger partial charge in [0, 0.05) is 18.8 Å². The SMILES string of the molecule is Cc1nc(N2CCCC2C(C)C)ncc1C(=O)O. The summed E-state index contributed by atoms with van der Waals surface area (Å²) < 4.78 is 0. The van der Waals surface area contributed by atoms with Crippen LogP contribution in [0.3, 0.4) is 0 Å². The van der Waals surface area contributed by atoms with Gasteiger partial charge in [-0.3, -0.25) is 0 Å². The molecule has 5 nitrogen and oxygen atoms in total. The van der Waals surface area contributed by atoms with Crippen LogP contribution in [0.5, 0.6) is 0 Å². The highest BCUT2D eigenvalue weighted by atomic mass is 16.4.